The van der Waals surface area contributed by atoms with Crippen molar-refractivity contribution in [2.45, 2.75) is 45.4 Å². The van der Waals surface area contributed by atoms with E-state index in [4.69, 9.17) is 14.2 Å². The maximum Gasteiger partial charge on any atom is 0.263 e. The van der Waals surface area contributed by atoms with Crippen LogP contribution in [0.4, 0.5) is 0 Å². The highest BCUT2D eigenvalue weighted by atomic mass is 16.5. The molecule has 0 aromatic heterocycles. The fourth-order valence-electron chi connectivity index (χ4n) is 3.02. The van der Waals surface area contributed by atoms with E-state index in [1.54, 1.807) is 14.0 Å². The molecule has 27 heavy (non-hydrogen) atoms. The first-order valence-electron chi connectivity index (χ1n) is 9.44. The lowest BCUT2D eigenvalue weighted by molar-refractivity contribution is -0.139. The van der Waals surface area contributed by atoms with Gasteiger partial charge in [0.25, 0.3) is 5.91 Å². The zero-order valence-corrected chi connectivity index (χ0v) is 16.2. The number of methoxy groups -OCH3 is 1. The fraction of sp³-hybridized carbons (Fsp3) is 0.409. The molecule has 0 N–H and O–H groups in total. The van der Waals surface area contributed by atoms with Crippen LogP contribution >= 0.6 is 0 Å². The molecule has 1 aliphatic carbocycles. The van der Waals surface area contributed by atoms with Gasteiger partial charge in [-0.2, -0.15) is 0 Å². The Balaban J connectivity index is 1.67. The van der Waals surface area contributed by atoms with Crippen molar-refractivity contribution in [1.29, 1.82) is 0 Å². The number of ether oxygens (including phenoxy) is 3. The fourth-order valence-corrected chi connectivity index (χ4v) is 3.02. The van der Waals surface area contributed by atoms with E-state index in [2.05, 4.69) is 0 Å². The lowest BCUT2D eigenvalue weighted by Crippen LogP contribution is -2.41. The number of nitrogens with zero attached hydrogens (tertiary/aromatic N) is 1. The molecule has 144 valence electrons. The summed E-state index contributed by atoms with van der Waals surface area (Å²) in [5.74, 6) is 2.05. The summed E-state index contributed by atoms with van der Waals surface area (Å²) in [5.41, 5.74) is 1.09. The molecule has 0 heterocycles. The van der Waals surface area contributed by atoms with Crippen molar-refractivity contribution in [3.63, 3.8) is 0 Å². The topological polar surface area (TPSA) is 48.0 Å². The van der Waals surface area contributed by atoms with Crippen molar-refractivity contribution < 1.29 is 19.0 Å². The predicted molar refractivity (Wildman–Crippen MR) is 104 cm³/mol. The Kier molecular flexibility index (Phi) is 6.22. The number of hydrogen-bond donors (Lipinski definition) is 0. The second-order valence-corrected chi connectivity index (χ2v) is 6.69. The maximum absolute atomic E-state index is 13.0. The number of rotatable bonds is 9. The van der Waals surface area contributed by atoms with Crippen LogP contribution in [-0.4, -0.2) is 36.7 Å². The van der Waals surface area contributed by atoms with E-state index in [0.717, 1.165) is 24.2 Å². The van der Waals surface area contributed by atoms with Crippen molar-refractivity contribution >= 4 is 5.91 Å². The second kappa shape index (κ2) is 8.80. The van der Waals surface area contributed by atoms with E-state index in [9.17, 15) is 4.79 Å². The Morgan fingerprint density at radius 2 is 1.78 bits per heavy atom. The predicted octanol–water partition coefficient (Wildman–Crippen LogP) is 4.05. The van der Waals surface area contributed by atoms with Gasteiger partial charge in [0.05, 0.1) is 13.7 Å². The van der Waals surface area contributed by atoms with Crippen LogP contribution in [-0.2, 0) is 11.3 Å². The van der Waals surface area contributed by atoms with Gasteiger partial charge in [-0.05, 0) is 56.5 Å². The molecule has 0 radical (unpaired) electrons. The third kappa shape index (κ3) is 4.94. The van der Waals surface area contributed by atoms with Crippen LogP contribution in [0.5, 0.6) is 17.2 Å². The van der Waals surface area contributed by atoms with Gasteiger partial charge in [0.15, 0.2) is 17.6 Å². The van der Waals surface area contributed by atoms with E-state index in [1.165, 1.54) is 0 Å². The van der Waals surface area contributed by atoms with Crippen molar-refractivity contribution in [3.8, 4) is 17.2 Å². The number of benzene rings is 2. The molecule has 5 nitrogen and oxygen atoms in total. The van der Waals surface area contributed by atoms with Crippen LogP contribution in [0.1, 0.15) is 32.3 Å². The first kappa shape index (κ1) is 19.1. The number of hydrogen-bond acceptors (Lipinski definition) is 4. The number of carbonyl (C=O) groups excluding carboxylic acids is 1. The highest BCUT2D eigenvalue weighted by Crippen LogP contribution is 2.31. The third-order valence-corrected chi connectivity index (χ3v) is 4.58. The summed E-state index contributed by atoms with van der Waals surface area (Å²) >= 11 is 0. The Morgan fingerprint density at radius 3 is 2.37 bits per heavy atom. The van der Waals surface area contributed by atoms with Gasteiger partial charge in [0, 0.05) is 12.6 Å². The molecule has 0 unspecified atom stereocenters. The lowest BCUT2D eigenvalue weighted by Gasteiger charge is -2.26. The molecule has 1 atom stereocenters. The summed E-state index contributed by atoms with van der Waals surface area (Å²) in [6.45, 7) is 4.98. The van der Waals surface area contributed by atoms with E-state index >= 15 is 0 Å². The minimum absolute atomic E-state index is 0.00251. The Hall–Kier alpha value is -2.69. The molecule has 1 fully saturated rings. The van der Waals surface area contributed by atoms with Gasteiger partial charge in [0.1, 0.15) is 5.75 Å². The average molecular weight is 369 g/mol. The van der Waals surface area contributed by atoms with Crippen LogP contribution in [0, 0.1) is 0 Å². The van der Waals surface area contributed by atoms with Crippen molar-refractivity contribution in [1.82, 2.24) is 4.90 Å². The summed E-state index contributed by atoms with van der Waals surface area (Å²) < 4.78 is 16.7. The molecular formula is C22H27NO4. The summed E-state index contributed by atoms with van der Waals surface area (Å²) in [6.07, 6.45) is 1.51. The molecule has 0 aliphatic heterocycles. The quantitative estimate of drug-likeness (QED) is 0.669. The van der Waals surface area contributed by atoms with E-state index in [0.29, 0.717) is 30.7 Å². The van der Waals surface area contributed by atoms with Crippen LogP contribution < -0.4 is 14.2 Å². The van der Waals surface area contributed by atoms with E-state index in [-0.39, 0.29) is 5.91 Å². The molecule has 0 bridgehead atoms. The SMILES string of the molecule is CCOc1ccc(CN(C(=O)[C@@H](C)Oc2ccccc2OC)C2CC2)cc1. The second-order valence-electron chi connectivity index (χ2n) is 6.69. The molecule has 3 rings (SSSR count). The number of amides is 1. The summed E-state index contributed by atoms with van der Waals surface area (Å²) in [7, 11) is 1.59. The number of carbonyl (C=O) groups is 1. The maximum atomic E-state index is 13.0. The van der Waals surface area contributed by atoms with Crippen LogP contribution in [0.25, 0.3) is 0 Å². The zero-order valence-electron chi connectivity index (χ0n) is 16.2. The average Bonchev–Trinajstić information content (AvgIpc) is 3.52. The molecule has 2 aromatic rings. The van der Waals surface area contributed by atoms with E-state index < -0.39 is 6.10 Å². The monoisotopic (exact) mass is 369 g/mol. The Morgan fingerprint density at radius 1 is 1.11 bits per heavy atom. The highest BCUT2D eigenvalue weighted by molar-refractivity contribution is 5.81. The summed E-state index contributed by atoms with van der Waals surface area (Å²) in [6, 6.07) is 15.6. The van der Waals surface area contributed by atoms with Gasteiger partial charge >= 0.3 is 0 Å². The van der Waals surface area contributed by atoms with Crippen molar-refractivity contribution in [2.24, 2.45) is 0 Å². The normalized spacial score (nSPS) is 14.3. The van der Waals surface area contributed by atoms with Gasteiger partial charge in [-0.1, -0.05) is 24.3 Å². The van der Waals surface area contributed by atoms with Gasteiger partial charge < -0.3 is 19.1 Å². The largest absolute Gasteiger partial charge is 0.494 e. The first-order valence-corrected chi connectivity index (χ1v) is 9.44. The third-order valence-electron chi connectivity index (χ3n) is 4.58. The first-order chi connectivity index (χ1) is 13.1. The van der Waals surface area contributed by atoms with Gasteiger partial charge in [-0.3, -0.25) is 4.79 Å². The molecule has 1 aliphatic rings. The van der Waals surface area contributed by atoms with Gasteiger partial charge in [0.2, 0.25) is 0 Å². The van der Waals surface area contributed by atoms with Crippen LogP contribution in [0.15, 0.2) is 48.5 Å². The molecule has 1 saturated carbocycles. The van der Waals surface area contributed by atoms with Gasteiger partial charge in [-0.15, -0.1) is 0 Å². The molecule has 2 aromatic carbocycles. The Bertz CT molecular complexity index is 755. The highest BCUT2D eigenvalue weighted by Gasteiger charge is 2.35. The molecule has 0 saturated heterocycles. The minimum Gasteiger partial charge on any atom is -0.494 e. The molecule has 1 amide bonds. The summed E-state index contributed by atoms with van der Waals surface area (Å²) in [5, 5.41) is 0. The molecular weight excluding hydrogens is 342 g/mol. The smallest absolute Gasteiger partial charge is 0.263 e. The number of para-hydroxylation sites is 2. The zero-order chi connectivity index (χ0) is 19.2. The van der Waals surface area contributed by atoms with Crippen molar-refractivity contribution in [2.75, 3.05) is 13.7 Å². The van der Waals surface area contributed by atoms with Crippen molar-refractivity contribution in [3.05, 3.63) is 54.1 Å². The van der Waals surface area contributed by atoms with E-state index in [1.807, 2.05) is 60.4 Å². The standard InChI is InChI=1S/C22H27NO4/c1-4-26-19-13-9-17(10-14-19)15-23(18-11-12-18)22(24)16(2)27-21-8-6-5-7-20(21)25-3/h5-10,13-14,16,18H,4,11-12,15H2,1-3H3/t16-/m1/s1. The minimum atomic E-state index is -0.579. The molecule has 5 heteroatoms. The van der Waals surface area contributed by atoms with Crippen LogP contribution in [0.3, 0.4) is 0 Å². The Labute approximate surface area is 160 Å². The van der Waals surface area contributed by atoms with Crippen LogP contribution in [0.2, 0.25) is 0 Å². The van der Waals surface area contributed by atoms with Gasteiger partial charge in [-0.25, -0.2) is 0 Å². The lowest BCUT2D eigenvalue weighted by atomic mass is 10.2. The molecule has 0 spiro atoms. The summed E-state index contributed by atoms with van der Waals surface area (Å²) in [4.78, 5) is 15.0.